The Labute approximate surface area is 115 Å². The largest absolute Gasteiger partial charge is 0.306 e. The van der Waals surface area contributed by atoms with Crippen LogP contribution in [-0.4, -0.2) is 4.98 Å². The standard InChI is InChI=1S/C12H12Cl2N2S/c1-8-5-16-12(17-8)7-15-6-9-4-10(13)2-3-11(9)14/h2-5,15H,6-7H2,1H3. The van der Waals surface area contributed by atoms with Crippen molar-refractivity contribution in [2.75, 3.05) is 0 Å². The topological polar surface area (TPSA) is 24.9 Å². The quantitative estimate of drug-likeness (QED) is 0.917. The molecule has 17 heavy (non-hydrogen) atoms. The Morgan fingerprint density at radius 3 is 2.82 bits per heavy atom. The van der Waals surface area contributed by atoms with Crippen molar-refractivity contribution in [3.05, 3.63) is 49.9 Å². The first-order valence-electron chi connectivity index (χ1n) is 5.21. The Morgan fingerprint density at radius 2 is 2.12 bits per heavy atom. The van der Waals surface area contributed by atoms with Crippen LogP contribution < -0.4 is 5.32 Å². The molecule has 0 atom stereocenters. The van der Waals surface area contributed by atoms with E-state index >= 15 is 0 Å². The second kappa shape index (κ2) is 5.83. The maximum Gasteiger partial charge on any atom is 0.107 e. The lowest BCUT2D eigenvalue weighted by molar-refractivity contribution is 0.690. The van der Waals surface area contributed by atoms with Crippen LogP contribution in [-0.2, 0) is 13.1 Å². The van der Waals surface area contributed by atoms with Gasteiger partial charge in [0.05, 0.1) is 0 Å². The molecule has 1 aromatic heterocycles. The molecule has 0 amide bonds. The maximum atomic E-state index is 6.07. The third kappa shape index (κ3) is 3.68. The monoisotopic (exact) mass is 286 g/mol. The van der Waals surface area contributed by atoms with Gasteiger partial charge in [0.15, 0.2) is 0 Å². The lowest BCUT2D eigenvalue weighted by Gasteiger charge is -2.05. The van der Waals surface area contributed by atoms with E-state index in [4.69, 9.17) is 23.2 Å². The van der Waals surface area contributed by atoms with Gasteiger partial charge in [-0.2, -0.15) is 0 Å². The van der Waals surface area contributed by atoms with Crippen LogP contribution in [0.2, 0.25) is 10.0 Å². The zero-order chi connectivity index (χ0) is 12.3. The van der Waals surface area contributed by atoms with Gasteiger partial charge >= 0.3 is 0 Å². The molecule has 1 N–H and O–H groups in total. The lowest BCUT2D eigenvalue weighted by atomic mass is 10.2. The van der Waals surface area contributed by atoms with Gasteiger partial charge in [0.1, 0.15) is 5.01 Å². The summed E-state index contributed by atoms with van der Waals surface area (Å²) in [4.78, 5) is 5.51. The van der Waals surface area contributed by atoms with Crippen LogP contribution in [0.3, 0.4) is 0 Å². The highest BCUT2D eigenvalue weighted by molar-refractivity contribution is 7.11. The van der Waals surface area contributed by atoms with Crippen LogP contribution >= 0.6 is 34.5 Å². The first-order chi connectivity index (χ1) is 8.15. The SMILES string of the molecule is Cc1cnc(CNCc2cc(Cl)ccc2Cl)s1. The molecule has 5 heteroatoms. The van der Waals surface area contributed by atoms with Gasteiger partial charge in [0.2, 0.25) is 0 Å². The molecule has 0 bridgehead atoms. The molecule has 0 radical (unpaired) electrons. The van der Waals surface area contributed by atoms with E-state index in [2.05, 4.69) is 17.2 Å². The van der Waals surface area contributed by atoms with Crippen molar-refractivity contribution in [2.24, 2.45) is 0 Å². The number of nitrogens with zero attached hydrogens (tertiary/aromatic N) is 1. The molecule has 90 valence electrons. The number of halogens is 2. The van der Waals surface area contributed by atoms with Crippen LogP contribution in [0, 0.1) is 6.92 Å². The summed E-state index contributed by atoms with van der Waals surface area (Å²) in [6.07, 6.45) is 1.88. The molecule has 2 nitrogen and oxygen atoms in total. The van der Waals surface area contributed by atoms with E-state index in [0.717, 1.165) is 22.1 Å². The Hall–Kier alpha value is -0.610. The zero-order valence-corrected chi connectivity index (χ0v) is 11.7. The van der Waals surface area contributed by atoms with Crippen LogP contribution in [0.4, 0.5) is 0 Å². The highest BCUT2D eigenvalue weighted by atomic mass is 35.5. The smallest absolute Gasteiger partial charge is 0.107 e. The summed E-state index contributed by atoms with van der Waals surface area (Å²) >= 11 is 13.7. The van der Waals surface area contributed by atoms with E-state index < -0.39 is 0 Å². The molecular formula is C12H12Cl2N2S. The molecular weight excluding hydrogens is 275 g/mol. The van der Waals surface area contributed by atoms with E-state index in [1.54, 1.807) is 17.4 Å². The molecule has 0 aliphatic carbocycles. The van der Waals surface area contributed by atoms with E-state index in [-0.39, 0.29) is 0 Å². The van der Waals surface area contributed by atoms with E-state index in [0.29, 0.717) is 11.6 Å². The predicted molar refractivity (Wildman–Crippen MR) is 73.9 cm³/mol. The van der Waals surface area contributed by atoms with Gasteiger partial charge in [-0.05, 0) is 30.7 Å². The number of nitrogens with one attached hydrogen (secondary N) is 1. The number of hydrogen-bond donors (Lipinski definition) is 1. The van der Waals surface area contributed by atoms with Gasteiger partial charge in [-0.3, -0.25) is 0 Å². The van der Waals surface area contributed by atoms with Crippen LogP contribution in [0.25, 0.3) is 0 Å². The third-order valence-corrected chi connectivity index (χ3v) is 3.79. The minimum absolute atomic E-state index is 0.692. The van der Waals surface area contributed by atoms with E-state index in [1.165, 1.54) is 4.88 Å². The molecule has 1 heterocycles. The fourth-order valence-corrected chi connectivity index (χ4v) is 2.60. The van der Waals surface area contributed by atoms with Crippen molar-refractivity contribution >= 4 is 34.5 Å². The summed E-state index contributed by atoms with van der Waals surface area (Å²) in [6.45, 7) is 3.49. The predicted octanol–water partition coefficient (Wildman–Crippen LogP) is 4.05. The van der Waals surface area contributed by atoms with Gasteiger partial charge in [0, 0.05) is 34.2 Å². The normalized spacial score (nSPS) is 10.8. The van der Waals surface area contributed by atoms with Crippen molar-refractivity contribution in [3.63, 3.8) is 0 Å². The summed E-state index contributed by atoms with van der Waals surface area (Å²) in [7, 11) is 0. The Bertz CT molecular complexity index is 511. The number of aryl methyl sites for hydroxylation is 1. The molecule has 2 rings (SSSR count). The van der Waals surface area contributed by atoms with Crippen LogP contribution in [0.15, 0.2) is 24.4 Å². The van der Waals surface area contributed by atoms with Gasteiger partial charge in [-0.15, -0.1) is 11.3 Å². The Balaban J connectivity index is 1.91. The van der Waals surface area contributed by atoms with E-state index in [1.807, 2.05) is 18.3 Å². The molecule has 1 aromatic carbocycles. The fraction of sp³-hybridized carbons (Fsp3) is 0.250. The molecule has 0 aliphatic rings. The third-order valence-electron chi connectivity index (χ3n) is 2.27. The van der Waals surface area contributed by atoms with E-state index in [9.17, 15) is 0 Å². The van der Waals surface area contributed by atoms with Gasteiger partial charge < -0.3 is 5.32 Å². The number of hydrogen-bond acceptors (Lipinski definition) is 3. The average Bonchev–Trinajstić information content (AvgIpc) is 2.69. The molecule has 0 saturated heterocycles. The minimum atomic E-state index is 0.692. The fourth-order valence-electron chi connectivity index (χ4n) is 1.47. The van der Waals surface area contributed by atoms with Crippen molar-refractivity contribution in [3.8, 4) is 0 Å². The molecule has 2 aromatic rings. The summed E-state index contributed by atoms with van der Waals surface area (Å²) in [5.41, 5.74) is 1.01. The van der Waals surface area contributed by atoms with Crippen LogP contribution in [0.1, 0.15) is 15.4 Å². The summed E-state index contributed by atoms with van der Waals surface area (Å²) in [5, 5.41) is 5.83. The molecule has 0 spiro atoms. The summed E-state index contributed by atoms with van der Waals surface area (Å²) in [5.74, 6) is 0. The summed E-state index contributed by atoms with van der Waals surface area (Å²) in [6, 6.07) is 5.48. The van der Waals surface area contributed by atoms with Gasteiger partial charge in [0.25, 0.3) is 0 Å². The molecule has 0 aliphatic heterocycles. The first-order valence-corrected chi connectivity index (χ1v) is 6.78. The average molecular weight is 287 g/mol. The van der Waals surface area contributed by atoms with Gasteiger partial charge in [-0.25, -0.2) is 4.98 Å². The Morgan fingerprint density at radius 1 is 1.29 bits per heavy atom. The van der Waals surface area contributed by atoms with Crippen molar-refractivity contribution in [1.82, 2.24) is 10.3 Å². The zero-order valence-electron chi connectivity index (χ0n) is 9.34. The number of benzene rings is 1. The Kier molecular flexibility index (Phi) is 4.40. The molecule has 0 fully saturated rings. The van der Waals surface area contributed by atoms with Crippen molar-refractivity contribution in [1.29, 1.82) is 0 Å². The number of rotatable bonds is 4. The second-order valence-corrected chi connectivity index (χ2v) is 5.87. The maximum absolute atomic E-state index is 6.07. The molecule has 0 saturated carbocycles. The highest BCUT2D eigenvalue weighted by Gasteiger charge is 2.02. The first kappa shape index (κ1) is 12.8. The minimum Gasteiger partial charge on any atom is -0.306 e. The number of aromatic nitrogens is 1. The second-order valence-electron chi connectivity index (χ2n) is 3.70. The number of thiazole rings is 1. The highest BCUT2D eigenvalue weighted by Crippen LogP contribution is 2.20. The van der Waals surface area contributed by atoms with Crippen molar-refractivity contribution < 1.29 is 0 Å². The van der Waals surface area contributed by atoms with Crippen molar-refractivity contribution in [2.45, 2.75) is 20.0 Å². The summed E-state index contributed by atoms with van der Waals surface area (Å²) < 4.78 is 0. The van der Waals surface area contributed by atoms with Gasteiger partial charge in [-0.1, -0.05) is 23.2 Å². The van der Waals surface area contributed by atoms with Crippen LogP contribution in [0.5, 0.6) is 0 Å². The lowest BCUT2D eigenvalue weighted by Crippen LogP contribution is -2.12. The molecule has 0 unspecified atom stereocenters.